The molecule has 0 spiro atoms. The Morgan fingerprint density at radius 2 is 2.20 bits per heavy atom. The molecule has 1 aromatic rings. The Bertz CT molecular complexity index is 436. The van der Waals surface area contributed by atoms with Crippen molar-refractivity contribution in [3.63, 3.8) is 0 Å². The summed E-state index contributed by atoms with van der Waals surface area (Å²) in [6.45, 7) is 1.72. The van der Waals surface area contributed by atoms with Crippen LogP contribution in [-0.2, 0) is 4.74 Å². The van der Waals surface area contributed by atoms with Crippen molar-refractivity contribution in [1.29, 1.82) is 0 Å². The maximum atomic E-state index is 13.6. The lowest BCUT2D eigenvalue weighted by atomic mass is 10.1. The van der Waals surface area contributed by atoms with Gasteiger partial charge in [0, 0.05) is 25.3 Å². The summed E-state index contributed by atoms with van der Waals surface area (Å²) in [5.74, 6) is -1.90. The van der Waals surface area contributed by atoms with Crippen LogP contribution in [0.1, 0.15) is 30.9 Å². The van der Waals surface area contributed by atoms with E-state index in [0.29, 0.717) is 6.54 Å². The number of hydrogen-bond donors (Lipinski definition) is 1. The van der Waals surface area contributed by atoms with Crippen LogP contribution in [0.2, 0.25) is 0 Å². The molecule has 1 aliphatic rings. The van der Waals surface area contributed by atoms with Crippen LogP contribution in [0.15, 0.2) is 18.2 Å². The smallest absolute Gasteiger partial charge is 0.164 e. The molecule has 0 bridgehead atoms. The first-order valence-corrected chi connectivity index (χ1v) is 7.00. The molecule has 0 radical (unpaired) electrons. The number of rotatable bonds is 5. The molecule has 1 aromatic carbocycles. The van der Waals surface area contributed by atoms with E-state index in [2.05, 4.69) is 0 Å². The van der Waals surface area contributed by atoms with Gasteiger partial charge in [-0.25, -0.2) is 8.78 Å². The highest BCUT2D eigenvalue weighted by Gasteiger charge is 2.20. The van der Waals surface area contributed by atoms with Crippen molar-refractivity contribution < 1.29 is 18.6 Å². The van der Waals surface area contributed by atoms with Crippen molar-refractivity contribution in [3.05, 3.63) is 35.4 Å². The van der Waals surface area contributed by atoms with E-state index in [1.165, 1.54) is 12.1 Å². The summed E-state index contributed by atoms with van der Waals surface area (Å²) in [6, 6.07) is 3.86. The third-order valence-electron chi connectivity index (χ3n) is 3.61. The normalized spacial score (nSPS) is 21.1. The molecule has 112 valence electrons. The fourth-order valence-corrected chi connectivity index (χ4v) is 2.54. The fourth-order valence-electron chi connectivity index (χ4n) is 2.54. The highest BCUT2D eigenvalue weighted by molar-refractivity contribution is 5.21. The van der Waals surface area contributed by atoms with E-state index in [9.17, 15) is 13.9 Å². The Hall–Kier alpha value is -1.04. The van der Waals surface area contributed by atoms with Crippen LogP contribution in [0.3, 0.4) is 0 Å². The van der Waals surface area contributed by atoms with Crippen molar-refractivity contribution in [2.45, 2.75) is 31.5 Å². The van der Waals surface area contributed by atoms with E-state index >= 15 is 0 Å². The number of likely N-dealkylation sites (N-methyl/N-ethyl adjacent to an activating group) is 1. The highest BCUT2D eigenvalue weighted by atomic mass is 19.2. The maximum Gasteiger partial charge on any atom is 0.164 e. The van der Waals surface area contributed by atoms with Gasteiger partial charge in [0.15, 0.2) is 11.6 Å². The van der Waals surface area contributed by atoms with Crippen LogP contribution < -0.4 is 0 Å². The molecule has 2 atom stereocenters. The van der Waals surface area contributed by atoms with E-state index in [4.69, 9.17) is 4.74 Å². The molecule has 0 aromatic heterocycles. The summed E-state index contributed by atoms with van der Waals surface area (Å²) < 4.78 is 32.3. The minimum Gasteiger partial charge on any atom is -0.387 e. The number of aliphatic hydroxyl groups excluding tert-OH is 1. The lowest BCUT2D eigenvalue weighted by molar-refractivity contribution is -0.00816. The van der Waals surface area contributed by atoms with Crippen molar-refractivity contribution in [1.82, 2.24) is 4.90 Å². The van der Waals surface area contributed by atoms with Gasteiger partial charge in [0.2, 0.25) is 0 Å². The van der Waals surface area contributed by atoms with E-state index in [0.717, 1.165) is 31.9 Å². The molecule has 0 aliphatic carbocycles. The van der Waals surface area contributed by atoms with E-state index in [-0.39, 0.29) is 18.2 Å². The summed E-state index contributed by atoms with van der Waals surface area (Å²) in [6.07, 6.45) is 2.38. The zero-order chi connectivity index (χ0) is 14.5. The van der Waals surface area contributed by atoms with E-state index in [1.54, 1.807) is 0 Å². The molecule has 3 nitrogen and oxygen atoms in total. The van der Waals surface area contributed by atoms with Crippen LogP contribution in [-0.4, -0.2) is 42.9 Å². The second kappa shape index (κ2) is 7.11. The Morgan fingerprint density at radius 1 is 1.40 bits per heavy atom. The highest BCUT2D eigenvalue weighted by Crippen LogP contribution is 2.20. The van der Waals surface area contributed by atoms with Crippen molar-refractivity contribution in [2.24, 2.45) is 0 Å². The molecule has 2 rings (SSSR count). The standard InChI is InChI=1S/C15H21F2NO2/c1-18(9-11-5-2-3-8-20-11)10-14(19)12-6-4-7-13(16)15(12)17/h4,6-7,11,14,19H,2-3,5,8-10H2,1H3. The van der Waals surface area contributed by atoms with Gasteiger partial charge in [-0.15, -0.1) is 0 Å². The van der Waals surface area contributed by atoms with E-state index < -0.39 is 17.7 Å². The molecular formula is C15H21F2NO2. The summed E-state index contributed by atoms with van der Waals surface area (Å²) in [4.78, 5) is 1.89. The predicted molar refractivity (Wildman–Crippen MR) is 72.4 cm³/mol. The average molecular weight is 285 g/mol. The topological polar surface area (TPSA) is 32.7 Å². The van der Waals surface area contributed by atoms with Crippen LogP contribution in [0.4, 0.5) is 8.78 Å². The van der Waals surface area contributed by atoms with Crippen LogP contribution in [0.25, 0.3) is 0 Å². The van der Waals surface area contributed by atoms with Gasteiger partial charge in [-0.3, -0.25) is 0 Å². The molecule has 0 amide bonds. The Kier molecular flexibility index (Phi) is 5.46. The Labute approximate surface area is 118 Å². The summed E-state index contributed by atoms with van der Waals surface area (Å²) in [7, 11) is 1.85. The third kappa shape index (κ3) is 3.98. The van der Waals surface area contributed by atoms with Crippen molar-refractivity contribution in [3.8, 4) is 0 Å². The molecule has 5 heteroatoms. The molecule has 1 saturated heterocycles. The number of hydrogen-bond acceptors (Lipinski definition) is 3. The van der Waals surface area contributed by atoms with Crippen LogP contribution >= 0.6 is 0 Å². The largest absolute Gasteiger partial charge is 0.387 e. The van der Waals surface area contributed by atoms with E-state index in [1.807, 2.05) is 11.9 Å². The molecule has 0 saturated carbocycles. The third-order valence-corrected chi connectivity index (χ3v) is 3.61. The molecule has 1 aliphatic heterocycles. The minimum absolute atomic E-state index is 0.00131. The molecule has 1 fully saturated rings. The molecule has 20 heavy (non-hydrogen) atoms. The first-order chi connectivity index (χ1) is 9.58. The molecule has 2 unspecified atom stereocenters. The van der Waals surface area contributed by atoms with Gasteiger partial charge >= 0.3 is 0 Å². The van der Waals surface area contributed by atoms with Gasteiger partial charge in [-0.05, 0) is 32.4 Å². The summed E-state index contributed by atoms with van der Waals surface area (Å²) in [5, 5.41) is 10.0. The fraction of sp³-hybridized carbons (Fsp3) is 0.600. The first-order valence-electron chi connectivity index (χ1n) is 7.00. The second-order valence-electron chi connectivity index (χ2n) is 5.37. The zero-order valence-corrected chi connectivity index (χ0v) is 11.7. The maximum absolute atomic E-state index is 13.6. The van der Waals surface area contributed by atoms with Gasteiger partial charge in [-0.1, -0.05) is 12.1 Å². The van der Waals surface area contributed by atoms with Gasteiger partial charge < -0.3 is 14.7 Å². The second-order valence-corrected chi connectivity index (χ2v) is 5.37. The monoisotopic (exact) mass is 285 g/mol. The SMILES string of the molecule is CN(CC1CCCCO1)CC(O)c1cccc(F)c1F. The van der Waals surface area contributed by atoms with Gasteiger partial charge in [0.25, 0.3) is 0 Å². The minimum atomic E-state index is -1.04. The van der Waals surface area contributed by atoms with Gasteiger partial charge in [0.1, 0.15) is 0 Å². The number of halogens is 2. The van der Waals surface area contributed by atoms with Crippen LogP contribution in [0, 0.1) is 11.6 Å². The first kappa shape index (κ1) is 15.4. The Morgan fingerprint density at radius 3 is 2.90 bits per heavy atom. The number of nitrogens with zero attached hydrogens (tertiary/aromatic N) is 1. The van der Waals surface area contributed by atoms with Crippen molar-refractivity contribution >= 4 is 0 Å². The lowest BCUT2D eigenvalue weighted by Crippen LogP contribution is -2.35. The predicted octanol–water partition coefficient (Wildman–Crippen LogP) is 2.50. The van der Waals surface area contributed by atoms with Gasteiger partial charge in [0.05, 0.1) is 12.2 Å². The molecule has 1 N–H and O–H groups in total. The summed E-state index contributed by atoms with van der Waals surface area (Å²) in [5.41, 5.74) is 0.00131. The lowest BCUT2D eigenvalue weighted by Gasteiger charge is -2.28. The molecular weight excluding hydrogens is 264 g/mol. The number of ether oxygens (including phenoxy) is 1. The summed E-state index contributed by atoms with van der Waals surface area (Å²) >= 11 is 0. The zero-order valence-electron chi connectivity index (χ0n) is 11.7. The number of benzene rings is 1. The Balaban J connectivity index is 1.89. The average Bonchev–Trinajstić information content (AvgIpc) is 2.42. The van der Waals surface area contributed by atoms with Gasteiger partial charge in [-0.2, -0.15) is 0 Å². The number of aliphatic hydroxyl groups is 1. The van der Waals surface area contributed by atoms with Crippen LogP contribution in [0.5, 0.6) is 0 Å². The molecule has 1 heterocycles. The van der Waals surface area contributed by atoms with Crippen molar-refractivity contribution in [2.75, 3.05) is 26.7 Å². The quantitative estimate of drug-likeness (QED) is 0.902.